The highest BCUT2D eigenvalue weighted by molar-refractivity contribution is 5.36. The van der Waals surface area contributed by atoms with E-state index in [1.165, 1.54) is 0 Å². The average Bonchev–Trinajstić information content (AvgIpc) is 2.17. The normalized spacial score (nSPS) is 25.5. The van der Waals surface area contributed by atoms with E-state index < -0.39 is 6.23 Å². The summed E-state index contributed by atoms with van der Waals surface area (Å²) >= 11 is 0. The SMILES string of the molecule is N#CC1Cc2ccccc2OC1N. The second-order valence-corrected chi connectivity index (χ2v) is 3.13. The van der Waals surface area contributed by atoms with Crippen molar-refractivity contribution in [1.82, 2.24) is 0 Å². The minimum atomic E-state index is -0.486. The maximum absolute atomic E-state index is 8.78. The molecule has 2 rings (SSSR count). The van der Waals surface area contributed by atoms with Crippen LogP contribution in [-0.4, -0.2) is 6.23 Å². The highest BCUT2D eigenvalue weighted by atomic mass is 16.5. The Morgan fingerprint density at radius 3 is 3.00 bits per heavy atom. The molecule has 0 saturated heterocycles. The summed E-state index contributed by atoms with van der Waals surface area (Å²) in [4.78, 5) is 0. The quantitative estimate of drug-likeness (QED) is 0.639. The van der Waals surface area contributed by atoms with Crippen LogP contribution < -0.4 is 10.5 Å². The van der Waals surface area contributed by atoms with Crippen molar-refractivity contribution in [2.24, 2.45) is 11.7 Å². The first-order valence-electron chi connectivity index (χ1n) is 4.21. The lowest BCUT2D eigenvalue weighted by Gasteiger charge is -2.26. The first-order valence-corrected chi connectivity index (χ1v) is 4.21. The van der Waals surface area contributed by atoms with E-state index in [9.17, 15) is 0 Å². The average molecular weight is 174 g/mol. The highest BCUT2D eigenvalue weighted by Crippen LogP contribution is 2.28. The van der Waals surface area contributed by atoms with E-state index in [2.05, 4.69) is 6.07 Å². The van der Waals surface area contributed by atoms with Crippen LogP contribution in [0.25, 0.3) is 0 Å². The molecule has 3 heteroatoms. The summed E-state index contributed by atoms with van der Waals surface area (Å²) in [5, 5.41) is 8.78. The predicted octanol–water partition coefficient (Wildman–Crippen LogP) is 1.05. The zero-order valence-electron chi connectivity index (χ0n) is 7.10. The van der Waals surface area contributed by atoms with Crippen molar-refractivity contribution >= 4 is 0 Å². The third-order valence-electron chi connectivity index (χ3n) is 2.24. The highest BCUT2D eigenvalue weighted by Gasteiger charge is 2.26. The van der Waals surface area contributed by atoms with E-state index >= 15 is 0 Å². The third-order valence-corrected chi connectivity index (χ3v) is 2.24. The zero-order chi connectivity index (χ0) is 9.26. The number of hydrogen-bond donors (Lipinski definition) is 1. The molecule has 0 bridgehead atoms. The second kappa shape index (κ2) is 3.08. The zero-order valence-corrected chi connectivity index (χ0v) is 7.10. The molecular weight excluding hydrogens is 164 g/mol. The number of ether oxygens (including phenoxy) is 1. The largest absolute Gasteiger partial charge is 0.474 e. The van der Waals surface area contributed by atoms with E-state index in [0.29, 0.717) is 6.42 Å². The van der Waals surface area contributed by atoms with Crippen molar-refractivity contribution in [1.29, 1.82) is 5.26 Å². The maximum Gasteiger partial charge on any atom is 0.164 e. The molecule has 1 aliphatic rings. The maximum atomic E-state index is 8.78. The van der Waals surface area contributed by atoms with Gasteiger partial charge in [0.25, 0.3) is 0 Å². The van der Waals surface area contributed by atoms with Crippen LogP contribution in [-0.2, 0) is 6.42 Å². The van der Waals surface area contributed by atoms with E-state index in [1.54, 1.807) is 0 Å². The van der Waals surface area contributed by atoms with Gasteiger partial charge < -0.3 is 4.74 Å². The van der Waals surface area contributed by atoms with Crippen LogP contribution in [0.1, 0.15) is 5.56 Å². The van der Waals surface area contributed by atoms with Gasteiger partial charge in [-0.1, -0.05) is 18.2 Å². The fourth-order valence-electron chi connectivity index (χ4n) is 1.49. The molecule has 1 heterocycles. The molecule has 1 aromatic carbocycles. The molecule has 1 aromatic rings. The van der Waals surface area contributed by atoms with Crippen LogP contribution in [0.2, 0.25) is 0 Å². The number of nitrogens with two attached hydrogens (primary N) is 1. The molecule has 0 amide bonds. The van der Waals surface area contributed by atoms with Gasteiger partial charge in [0.2, 0.25) is 0 Å². The molecular formula is C10H10N2O. The Morgan fingerprint density at radius 2 is 2.23 bits per heavy atom. The van der Waals surface area contributed by atoms with Crippen LogP contribution in [0.5, 0.6) is 5.75 Å². The molecule has 3 nitrogen and oxygen atoms in total. The fraction of sp³-hybridized carbons (Fsp3) is 0.300. The van der Waals surface area contributed by atoms with Crippen LogP contribution >= 0.6 is 0 Å². The molecule has 1 aliphatic heterocycles. The topological polar surface area (TPSA) is 59.0 Å². The molecule has 13 heavy (non-hydrogen) atoms. The van der Waals surface area contributed by atoms with Crippen LogP contribution in [0, 0.1) is 17.2 Å². The van der Waals surface area contributed by atoms with Crippen molar-refractivity contribution in [3.05, 3.63) is 29.8 Å². The Labute approximate surface area is 76.7 Å². The van der Waals surface area contributed by atoms with Gasteiger partial charge in [0.15, 0.2) is 6.23 Å². The minimum Gasteiger partial charge on any atom is -0.474 e. The van der Waals surface area contributed by atoms with Crippen molar-refractivity contribution < 1.29 is 4.74 Å². The van der Waals surface area contributed by atoms with Crippen LogP contribution in [0.15, 0.2) is 24.3 Å². The summed E-state index contributed by atoms with van der Waals surface area (Å²) in [6.45, 7) is 0. The van der Waals surface area contributed by atoms with Gasteiger partial charge >= 0.3 is 0 Å². The standard InChI is InChI=1S/C10H10N2O/c11-6-8-5-7-3-1-2-4-9(7)13-10(8)12/h1-4,8,10H,5,12H2. The van der Waals surface area contributed by atoms with Gasteiger partial charge in [-0.3, -0.25) is 5.73 Å². The van der Waals surface area contributed by atoms with E-state index in [0.717, 1.165) is 11.3 Å². The second-order valence-electron chi connectivity index (χ2n) is 3.13. The number of nitriles is 1. The number of para-hydroxylation sites is 1. The number of nitrogens with zero attached hydrogens (tertiary/aromatic N) is 1. The molecule has 0 aromatic heterocycles. The third kappa shape index (κ3) is 1.36. The van der Waals surface area contributed by atoms with Crippen molar-refractivity contribution in [2.45, 2.75) is 12.6 Å². The molecule has 2 unspecified atom stereocenters. The van der Waals surface area contributed by atoms with Gasteiger partial charge in [0, 0.05) is 0 Å². The summed E-state index contributed by atoms with van der Waals surface area (Å²) in [6.07, 6.45) is 0.202. The van der Waals surface area contributed by atoms with E-state index in [4.69, 9.17) is 15.7 Å². The lowest BCUT2D eigenvalue weighted by molar-refractivity contribution is 0.146. The lowest BCUT2D eigenvalue weighted by Crippen LogP contribution is -2.39. The number of fused-ring (bicyclic) bond motifs is 1. The molecule has 0 aliphatic carbocycles. The predicted molar refractivity (Wildman–Crippen MR) is 47.9 cm³/mol. The summed E-state index contributed by atoms with van der Waals surface area (Å²) in [5.41, 5.74) is 6.73. The smallest absolute Gasteiger partial charge is 0.164 e. The lowest BCUT2D eigenvalue weighted by atomic mass is 9.96. The Bertz CT molecular complexity index is 356. The molecule has 2 atom stereocenters. The monoisotopic (exact) mass is 174 g/mol. The summed E-state index contributed by atoms with van der Waals surface area (Å²) in [5.74, 6) is 0.580. The summed E-state index contributed by atoms with van der Waals surface area (Å²) in [6, 6.07) is 9.83. The molecule has 0 spiro atoms. The number of benzene rings is 1. The Balaban J connectivity index is 2.34. The van der Waals surface area contributed by atoms with Gasteiger partial charge in [-0.05, 0) is 18.1 Å². The Kier molecular flexibility index (Phi) is 1.91. The summed E-state index contributed by atoms with van der Waals surface area (Å²) in [7, 11) is 0. The molecule has 0 radical (unpaired) electrons. The van der Waals surface area contributed by atoms with Crippen LogP contribution in [0.3, 0.4) is 0 Å². The first-order chi connectivity index (χ1) is 6.31. The number of hydrogen-bond acceptors (Lipinski definition) is 3. The molecule has 0 saturated carbocycles. The van der Waals surface area contributed by atoms with Crippen molar-refractivity contribution in [2.75, 3.05) is 0 Å². The van der Waals surface area contributed by atoms with Gasteiger partial charge in [0.05, 0.1) is 6.07 Å². The molecule has 2 N–H and O–H groups in total. The Morgan fingerprint density at radius 1 is 1.46 bits per heavy atom. The van der Waals surface area contributed by atoms with E-state index in [-0.39, 0.29) is 5.92 Å². The first kappa shape index (κ1) is 8.09. The van der Waals surface area contributed by atoms with Gasteiger partial charge in [-0.15, -0.1) is 0 Å². The summed E-state index contributed by atoms with van der Waals surface area (Å²) < 4.78 is 5.39. The van der Waals surface area contributed by atoms with Gasteiger partial charge in [-0.2, -0.15) is 5.26 Å². The fourth-order valence-corrected chi connectivity index (χ4v) is 1.49. The van der Waals surface area contributed by atoms with Crippen LogP contribution in [0.4, 0.5) is 0 Å². The van der Waals surface area contributed by atoms with E-state index in [1.807, 2.05) is 24.3 Å². The van der Waals surface area contributed by atoms with Crippen molar-refractivity contribution in [3.63, 3.8) is 0 Å². The minimum absolute atomic E-state index is 0.227. The Hall–Kier alpha value is -1.53. The molecule has 66 valence electrons. The van der Waals surface area contributed by atoms with Gasteiger partial charge in [0.1, 0.15) is 11.7 Å². The van der Waals surface area contributed by atoms with Gasteiger partial charge in [-0.25, -0.2) is 0 Å². The number of rotatable bonds is 0. The van der Waals surface area contributed by atoms with Crippen molar-refractivity contribution in [3.8, 4) is 11.8 Å². The molecule has 0 fully saturated rings.